The van der Waals surface area contributed by atoms with Crippen molar-refractivity contribution in [3.05, 3.63) is 63.5 Å². The Morgan fingerprint density at radius 3 is 2.52 bits per heavy atom. The van der Waals surface area contributed by atoms with E-state index < -0.39 is 10.7 Å². The molecule has 0 fully saturated rings. The van der Waals surface area contributed by atoms with Gasteiger partial charge in [0.2, 0.25) is 6.79 Å². The minimum Gasteiger partial charge on any atom is -0.454 e. The third-order valence-electron chi connectivity index (χ3n) is 3.29. The van der Waals surface area contributed by atoms with Gasteiger partial charge in [-0.3, -0.25) is 10.1 Å². The smallest absolute Gasteiger partial charge is 0.280 e. The maximum atomic E-state index is 13.0. The minimum atomic E-state index is -0.562. The van der Waals surface area contributed by atoms with Crippen molar-refractivity contribution in [2.45, 2.75) is 0 Å². The Hall–Kier alpha value is -3.40. The quantitative estimate of drug-likeness (QED) is 0.374. The van der Waals surface area contributed by atoms with Gasteiger partial charge >= 0.3 is 0 Å². The Kier molecular flexibility index (Phi) is 3.65. The zero-order chi connectivity index (χ0) is 16.4. The van der Waals surface area contributed by atoms with Crippen molar-refractivity contribution in [1.82, 2.24) is 0 Å². The second-order valence-corrected chi connectivity index (χ2v) is 4.70. The van der Waals surface area contributed by atoms with E-state index in [9.17, 15) is 19.8 Å². The first kappa shape index (κ1) is 14.5. The zero-order valence-electron chi connectivity index (χ0n) is 11.7. The van der Waals surface area contributed by atoms with E-state index in [4.69, 9.17) is 9.47 Å². The van der Waals surface area contributed by atoms with Crippen LogP contribution in [0.1, 0.15) is 11.1 Å². The van der Waals surface area contributed by atoms with Gasteiger partial charge in [0.05, 0.1) is 28.2 Å². The van der Waals surface area contributed by atoms with Crippen molar-refractivity contribution in [2.75, 3.05) is 6.79 Å². The molecule has 0 saturated carbocycles. The van der Waals surface area contributed by atoms with Crippen LogP contribution in [0.15, 0.2) is 36.4 Å². The number of hydrogen-bond acceptors (Lipinski definition) is 5. The molecule has 0 amide bonds. The van der Waals surface area contributed by atoms with Gasteiger partial charge in [-0.05, 0) is 29.8 Å². The molecule has 0 radical (unpaired) electrons. The van der Waals surface area contributed by atoms with E-state index in [0.29, 0.717) is 11.3 Å². The van der Waals surface area contributed by atoms with Crippen LogP contribution in [-0.2, 0) is 0 Å². The molecule has 1 aliphatic heterocycles. The molecule has 7 heteroatoms. The Morgan fingerprint density at radius 2 is 1.91 bits per heavy atom. The van der Waals surface area contributed by atoms with Crippen molar-refractivity contribution in [3.63, 3.8) is 0 Å². The summed E-state index contributed by atoms with van der Waals surface area (Å²) in [5.41, 5.74) is 0.636. The number of nitro benzene ring substituents is 1. The molecule has 2 aromatic carbocycles. The lowest BCUT2D eigenvalue weighted by molar-refractivity contribution is -0.385. The Labute approximate surface area is 130 Å². The molecule has 0 aliphatic carbocycles. The summed E-state index contributed by atoms with van der Waals surface area (Å²) in [6.45, 7) is -0.0112. The van der Waals surface area contributed by atoms with Crippen LogP contribution >= 0.6 is 0 Å². The molecule has 0 unspecified atom stereocenters. The number of allylic oxidation sites excluding steroid dienone is 1. The molecule has 0 bridgehead atoms. The van der Waals surface area contributed by atoms with E-state index in [1.54, 1.807) is 0 Å². The van der Waals surface area contributed by atoms with Crippen LogP contribution in [0.25, 0.3) is 11.6 Å². The van der Waals surface area contributed by atoms with Crippen LogP contribution in [0.2, 0.25) is 0 Å². The van der Waals surface area contributed by atoms with E-state index in [1.807, 2.05) is 6.07 Å². The normalized spacial score (nSPS) is 12.8. The molecule has 2 aromatic rings. The molecule has 0 N–H and O–H groups in total. The first-order chi connectivity index (χ1) is 11.1. The number of rotatable bonds is 3. The molecule has 3 rings (SSSR count). The van der Waals surface area contributed by atoms with Crippen LogP contribution in [0.4, 0.5) is 10.1 Å². The van der Waals surface area contributed by atoms with Gasteiger partial charge in [-0.25, -0.2) is 4.39 Å². The van der Waals surface area contributed by atoms with Gasteiger partial charge < -0.3 is 9.47 Å². The summed E-state index contributed by atoms with van der Waals surface area (Å²) < 4.78 is 23.3. The molecule has 1 heterocycles. The number of nitriles is 1. The molecule has 0 aromatic heterocycles. The second-order valence-electron chi connectivity index (χ2n) is 4.70. The number of nitro groups is 1. The number of ether oxygens (including phenoxy) is 2. The molecular weight excluding hydrogens is 303 g/mol. The van der Waals surface area contributed by atoms with Crippen LogP contribution in [0, 0.1) is 27.3 Å². The zero-order valence-corrected chi connectivity index (χ0v) is 11.7. The predicted octanol–water partition coefficient (Wildman–Crippen LogP) is 3.53. The van der Waals surface area contributed by atoms with E-state index >= 15 is 0 Å². The number of halogens is 1. The summed E-state index contributed by atoms with van der Waals surface area (Å²) in [5.74, 6) is 0.229. The van der Waals surface area contributed by atoms with E-state index in [2.05, 4.69) is 0 Å². The highest BCUT2D eigenvalue weighted by Crippen LogP contribution is 2.39. The van der Waals surface area contributed by atoms with Crippen molar-refractivity contribution >= 4 is 17.3 Å². The van der Waals surface area contributed by atoms with E-state index in [0.717, 1.165) is 0 Å². The molecule has 0 atom stereocenters. The number of fused-ring (bicyclic) bond motifs is 1. The third-order valence-corrected chi connectivity index (χ3v) is 3.29. The fourth-order valence-electron chi connectivity index (χ4n) is 2.19. The summed E-state index contributed by atoms with van der Waals surface area (Å²) in [7, 11) is 0. The van der Waals surface area contributed by atoms with Gasteiger partial charge in [-0.15, -0.1) is 0 Å². The van der Waals surface area contributed by atoms with Crippen molar-refractivity contribution in [1.29, 1.82) is 5.26 Å². The van der Waals surface area contributed by atoms with Crippen molar-refractivity contribution in [2.24, 2.45) is 0 Å². The first-order valence-corrected chi connectivity index (χ1v) is 6.54. The molecule has 1 aliphatic rings. The maximum Gasteiger partial charge on any atom is 0.280 e. The van der Waals surface area contributed by atoms with Gasteiger partial charge in [0.15, 0.2) is 11.5 Å². The lowest BCUT2D eigenvalue weighted by atomic mass is 10.0. The first-order valence-electron chi connectivity index (χ1n) is 6.54. The lowest BCUT2D eigenvalue weighted by Crippen LogP contribution is -1.93. The van der Waals surface area contributed by atoms with Gasteiger partial charge in [0, 0.05) is 0 Å². The van der Waals surface area contributed by atoms with E-state index in [-0.39, 0.29) is 29.4 Å². The minimum absolute atomic E-state index is 0.0112. The SMILES string of the molecule is N#C/C(=C\c1cc2c(cc1[N+](=O)[O-])OCO2)c1ccc(F)cc1. The largest absolute Gasteiger partial charge is 0.454 e. The van der Waals surface area contributed by atoms with Crippen LogP contribution in [0.5, 0.6) is 11.5 Å². The molecule has 0 saturated heterocycles. The summed E-state index contributed by atoms with van der Waals surface area (Å²) in [6.07, 6.45) is 1.37. The molecule has 0 spiro atoms. The number of nitrogens with zero attached hydrogens (tertiary/aromatic N) is 2. The average Bonchev–Trinajstić information content (AvgIpc) is 3.00. The van der Waals surface area contributed by atoms with Crippen molar-refractivity contribution in [3.8, 4) is 17.6 Å². The maximum absolute atomic E-state index is 13.0. The average molecular weight is 312 g/mol. The molecule has 114 valence electrons. The standard InChI is InChI=1S/C16H9FN2O4/c17-13-3-1-10(2-4-13)12(8-18)5-11-6-15-16(23-9-22-15)7-14(11)19(20)21/h1-7H,9H2/b12-5+. The fourth-order valence-corrected chi connectivity index (χ4v) is 2.19. The Bertz CT molecular complexity index is 854. The second kappa shape index (κ2) is 5.77. The third kappa shape index (κ3) is 2.82. The Balaban J connectivity index is 2.11. The number of benzene rings is 2. The molecule has 23 heavy (non-hydrogen) atoms. The summed E-state index contributed by atoms with van der Waals surface area (Å²) in [4.78, 5) is 10.7. The predicted molar refractivity (Wildman–Crippen MR) is 79.1 cm³/mol. The molecular formula is C16H9FN2O4. The van der Waals surface area contributed by atoms with Crippen molar-refractivity contribution < 1.29 is 18.8 Å². The van der Waals surface area contributed by atoms with Gasteiger partial charge in [-0.2, -0.15) is 5.26 Å². The highest BCUT2D eigenvalue weighted by Gasteiger charge is 2.22. The summed E-state index contributed by atoms with van der Waals surface area (Å²) in [6, 6.07) is 9.97. The summed E-state index contributed by atoms with van der Waals surface area (Å²) >= 11 is 0. The highest BCUT2D eigenvalue weighted by atomic mass is 19.1. The van der Waals surface area contributed by atoms with Gasteiger partial charge in [-0.1, -0.05) is 12.1 Å². The van der Waals surface area contributed by atoms with E-state index in [1.165, 1.54) is 42.5 Å². The monoisotopic (exact) mass is 312 g/mol. The van der Waals surface area contributed by atoms with Crippen LogP contribution in [0.3, 0.4) is 0 Å². The van der Waals surface area contributed by atoms with Gasteiger partial charge in [0.25, 0.3) is 5.69 Å². The lowest BCUT2D eigenvalue weighted by Gasteiger charge is -2.03. The molecule has 6 nitrogen and oxygen atoms in total. The summed E-state index contributed by atoms with van der Waals surface area (Å²) in [5, 5.41) is 20.5. The van der Waals surface area contributed by atoms with Crippen LogP contribution < -0.4 is 9.47 Å². The topological polar surface area (TPSA) is 85.4 Å². The highest BCUT2D eigenvalue weighted by molar-refractivity contribution is 5.91. The fraction of sp³-hybridized carbons (Fsp3) is 0.0625. The number of hydrogen-bond donors (Lipinski definition) is 0. The van der Waals surface area contributed by atoms with Crippen LogP contribution in [-0.4, -0.2) is 11.7 Å². The van der Waals surface area contributed by atoms with Gasteiger partial charge in [0.1, 0.15) is 5.82 Å². The Morgan fingerprint density at radius 1 is 1.26 bits per heavy atom.